The maximum Gasteiger partial charge on any atom is 0.179 e. The normalized spacial score (nSPS) is 16.1. The molecule has 20 heavy (non-hydrogen) atoms. The number of benzene rings is 1. The fraction of sp³-hybridized carbons (Fsp3) is 0.600. The number of hydrogen-bond donors (Lipinski definition) is 2. The van der Waals surface area contributed by atoms with E-state index >= 15 is 0 Å². The summed E-state index contributed by atoms with van der Waals surface area (Å²) in [6.07, 6.45) is -0.620. The van der Waals surface area contributed by atoms with Crippen LogP contribution in [0, 0.1) is 5.41 Å². The SMILES string of the molecule is CC(C)(C)CNCC(O)c1cc(Cl)c2c(c1)OCCO2. The first-order chi connectivity index (χ1) is 9.37. The van der Waals surface area contributed by atoms with Gasteiger partial charge in [0, 0.05) is 13.1 Å². The summed E-state index contributed by atoms with van der Waals surface area (Å²) in [5, 5.41) is 14.0. The van der Waals surface area contributed by atoms with Crippen molar-refractivity contribution >= 4 is 11.6 Å². The first-order valence-corrected chi connectivity index (χ1v) is 7.22. The second kappa shape index (κ2) is 6.20. The van der Waals surface area contributed by atoms with E-state index in [2.05, 4.69) is 26.1 Å². The van der Waals surface area contributed by atoms with Crippen molar-refractivity contribution < 1.29 is 14.6 Å². The minimum absolute atomic E-state index is 0.185. The zero-order valence-electron chi connectivity index (χ0n) is 12.2. The van der Waals surface area contributed by atoms with Crippen molar-refractivity contribution in [2.45, 2.75) is 26.9 Å². The van der Waals surface area contributed by atoms with Gasteiger partial charge < -0.3 is 19.9 Å². The first kappa shape index (κ1) is 15.4. The molecule has 1 heterocycles. The third kappa shape index (κ3) is 4.01. The predicted molar refractivity (Wildman–Crippen MR) is 79.7 cm³/mol. The van der Waals surface area contributed by atoms with Crippen molar-refractivity contribution in [2.24, 2.45) is 5.41 Å². The van der Waals surface area contributed by atoms with Gasteiger partial charge in [-0.3, -0.25) is 0 Å². The van der Waals surface area contributed by atoms with E-state index in [1.54, 1.807) is 12.1 Å². The molecule has 0 aromatic heterocycles. The zero-order valence-corrected chi connectivity index (χ0v) is 13.0. The van der Waals surface area contributed by atoms with E-state index in [-0.39, 0.29) is 5.41 Å². The molecule has 1 aromatic rings. The van der Waals surface area contributed by atoms with Crippen LogP contribution in [0.15, 0.2) is 12.1 Å². The van der Waals surface area contributed by atoms with Crippen LogP contribution < -0.4 is 14.8 Å². The molecule has 4 nitrogen and oxygen atoms in total. The van der Waals surface area contributed by atoms with Crippen LogP contribution in [0.25, 0.3) is 0 Å². The average Bonchev–Trinajstić information content (AvgIpc) is 2.37. The summed E-state index contributed by atoms with van der Waals surface area (Å²) in [6, 6.07) is 3.53. The summed E-state index contributed by atoms with van der Waals surface area (Å²) in [7, 11) is 0. The number of aliphatic hydroxyl groups is 1. The molecule has 5 heteroatoms. The average molecular weight is 300 g/mol. The molecule has 0 spiro atoms. The van der Waals surface area contributed by atoms with E-state index in [0.29, 0.717) is 36.3 Å². The summed E-state index contributed by atoms with van der Waals surface area (Å²) >= 11 is 6.16. The Labute approximate surface area is 125 Å². The van der Waals surface area contributed by atoms with Gasteiger partial charge in [-0.05, 0) is 23.1 Å². The molecule has 0 aliphatic carbocycles. The summed E-state index contributed by atoms with van der Waals surface area (Å²) < 4.78 is 11.0. The molecular weight excluding hydrogens is 278 g/mol. The minimum Gasteiger partial charge on any atom is -0.486 e. The monoisotopic (exact) mass is 299 g/mol. The van der Waals surface area contributed by atoms with Gasteiger partial charge in [-0.2, -0.15) is 0 Å². The van der Waals surface area contributed by atoms with Gasteiger partial charge in [0.1, 0.15) is 13.2 Å². The summed E-state index contributed by atoms with van der Waals surface area (Å²) in [5.74, 6) is 1.17. The molecule has 0 radical (unpaired) electrons. The topological polar surface area (TPSA) is 50.7 Å². The van der Waals surface area contributed by atoms with Crippen molar-refractivity contribution in [3.05, 3.63) is 22.7 Å². The molecule has 2 N–H and O–H groups in total. The number of hydrogen-bond acceptors (Lipinski definition) is 4. The minimum atomic E-state index is -0.620. The first-order valence-electron chi connectivity index (χ1n) is 6.85. The highest BCUT2D eigenvalue weighted by molar-refractivity contribution is 6.32. The third-order valence-corrected chi connectivity index (χ3v) is 3.28. The molecule has 2 rings (SSSR count). The molecule has 0 bridgehead atoms. The smallest absolute Gasteiger partial charge is 0.179 e. The Kier molecular flexibility index (Phi) is 4.78. The largest absolute Gasteiger partial charge is 0.486 e. The Morgan fingerprint density at radius 2 is 2.00 bits per heavy atom. The van der Waals surface area contributed by atoms with Gasteiger partial charge in [-0.25, -0.2) is 0 Å². The highest BCUT2D eigenvalue weighted by Gasteiger charge is 2.19. The van der Waals surface area contributed by atoms with Crippen LogP contribution in [0.1, 0.15) is 32.4 Å². The Morgan fingerprint density at radius 3 is 2.70 bits per heavy atom. The molecule has 1 unspecified atom stereocenters. The highest BCUT2D eigenvalue weighted by Crippen LogP contribution is 2.39. The van der Waals surface area contributed by atoms with Crippen molar-refractivity contribution in [2.75, 3.05) is 26.3 Å². The Balaban J connectivity index is 2.03. The van der Waals surface area contributed by atoms with E-state index in [0.717, 1.165) is 12.1 Å². The third-order valence-electron chi connectivity index (χ3n) is 3.00. The fourth-order valence-corrected chi connectivity index (χ4v) is 2.30. The molecule has 0 saturated heterocycles. The molecular formula is C15H22ClNO3. The summed E-state index contributed by atoms with van der Waals surface area (Å²) in [5.41, 5.74) is 0.921. The van der Waals surface area contributed by atoms with Crippen LogP contribution in [-0.4, -0.2) is 31.4 Å². The highest BCUT2D eigenvalue weighted by atomic mass is 35.5. The molecule has 112 valence electrons. The van der Waals surface area contributed by atoms with Crippen molar-refractivity contribution in [1.82, 2.24) is 5.32 Å². The van der Waals surface area contributed by atoms with Gasteiger partial charge in [-0.1, -0.05) is 32.4 Å². The van der Waals surface area contributed by atoms with Crippen LogP contribution in [0.2, 0.25) is 5.02 Å². The predicted octanol–water partition coefficient (Wildman–Crippen LogP) is 2.78. The number of aliphatic hydroxyl groups excluding tert-OH is 1. The van der Waals surface area contributed by atoms with Gasteiger partial charge in [0.15, 0.2) is 11.5 Å². The number of fused-ring (bicyclic) bond motifs is 1. The molecule has 1 aliphatic heterocycles. The molecule has 1 aromatic carbocycles. The molecule has 0 amide bonds. The van der Waals surface area contributed by atoms with Crippen LogP contribution in [0.4, 0.5) is 0 Å². The number of ether oxygens (including phenoxy) is 2. The standard InChI is InChI=1S/C15H22ClNO3/c1-15(2,3)9-17-8-12(18)10-6-11(16)14-13(7-10)19-4-5-20-14/h6-7,12,17-18H,4-5,8-9H2,1-3H3. The van der Waals surface area contributed by atoms with E-state index in [1.165, 1.54) is 0 Å². The van der Waals surface area contributed by atoms with Gasteiger partial charge >= 0.3 is 0 Å². The summed E-state index contributed by atoms with van der Waals surface area (Å²) in [6.45, 7) is 8.76. The van der Waals surface area contributed by atoms with Crippen LogP contribution in [0.5, 0.6) is 11.5 Å². The fourth-order valence-electron chi connectivity index (χ4n) is 2.02. The molecule has 0 fully saturated rings. The Bertz CT molecular complexity index is 471. The second-order valence-corrected chi connectivity index (χ2v) is 6.64. The lowest BCUT2D eigenvalue weighted by molar-refractivity contribution is 0.161. The van der Waals surface area contributed by atoms with Gasteiger partial charge in [-0.15, -0.1) is 0 Å². The van der Waals surface area contributed by atoms with Crippen molar-refractivity contribution in [3.8, 4) is 11.5 Å². The van der Waals surface area contributed by atoms with Crippen molar-refractivity contribution in [3.63, 3.8) is 0 Å². The Hall–Kier alpha value is -0.970. The number of nitrogens with one attached hydrogen (secondary N) is 1. The maximum absolute atomic E-state index is 10.2. The van der Waals surface area contributed by atoms with E-state index in [1.807, 2.05) is 0 Å². The van der Waals surface area contributed by atoms with Gasteiger partial charge in [0.05, 0.1) is 11.1 Å². The maximum atomic E-state index is 10.2. The van der Waals surface area contributed by atoms with Crippen LogP contribution in [-0.2, 0) is 0 Å². The van der Waals surface area contributed by atoms with Crippen LogP contribution >= 0.6 is 11.6 Å². The zero-order chi connectivity index (χ0) is 14.8. The number of rotatable bonds is 4. The van der Waals surface area contributed by atoms with E-state index in [4.69, 9.17) is 21.1 Å². The quantitative estimate of drug-likeness (QED) is 0.897. The second-order valence-electron chi connectivity index (χ2n) is 6.23. The lowest BCUT2D eigenvalue weighted by Crippen LogP contribution is -2.30. The van der Waals surface area contributed by atoms with E-state index in [9.17, 15) is 5.11 Å². The lowest BCUT2D eigenvalue weighted by Gasteiger charge is -2.23. The van der Waals surface area contributed by atoms with Gasteiger partial charge in [0.25, 0.3) is 0 Å². The van der Waals surface area contributed by atoms with Crippen molar-refractivity contribution in [1.29, 1.82) is 0 Å². The van der Waals surface area contributed by atoms with Gasteiger partial charge in [0.2, 0.25) is 0 Å². The lowest BCUT2D eigenvalue weighted by atomic mass is 9.97. The Morgan fingerprint density at radius 1 is 1.30 bits per heavy atom. The molecule has 1 aliphatic rings. The number of halogens is 1. The summed E-state index contributed by atoms with van der Waals surface area (Å²) in [4.78, 5) is 0. The molecule has 1 atom stereocenters. The van der Waals surface area contributed by atoms with E-state index < -0.39 is 6.10 Å². The molecule has 0 saturated carbocycles. The van der Waals surface area contributed by atoms with Crippen LogP contribution in [0.3, 0.4) is 0 Å².